The van der Waals surface area contributed by atoms with Crippen LogP contribution < -0.4 is 0 Å². The van der Waals surface area contributed by atoms with Crippen molar-refractivity contribution in [3.8, 4) is 0 Å². The average molecular weight is 390 g/mol. The highest BCUT2D eigenvalue weighted by molar-refractivity contribution is 9.10. The van der Waals surface area contributed by atoms with Gasteiger partial charge in [-0.2, -0.15) is 0 Å². The van der Waals surface area contributed by atoms with Crippen molar-refractivity contribution in [2.45, 2.75) is 18.7 Å². The van der Waals surface area contributed by atoms with Crippen LogP contribution in [0.3, 0.4) is 0 Å². The van der Waals surface area contributed by atoms with Gasteiger partial charge in [0.05, 0.1) is 4.83 Å². The topological polar surface area (TPSA) is 0 Å². The Morgan fingerprint density at radius 3 is 2.16 bits per heavy atom. The molecule has 0 fully saturated rings. The van der Waals surface area contributed by atoms with E-state index in [1.807, 2.05) is 32.0 Å². The van der Waals surface area contributed by atoms with Crippen molar-refractivity contribution in [3.63, 3.8) is 0 Å². The number of rotatable bonds is 2. The maximum atomic E-state index is 14.0. The summed E-state index contributed by atoms with van der Waals surface area (Å²) in [6.07, 6.45) is 0. The minimum absolute atomic E-state index is 0.0388. The van der Waals surface area contributed by atoms with Crippen molar-refractivity contribution in [1.82, 2.24) is 0 Å². The molecule has 4 heteroatoms. The first-order valence-electron chi connectivity index (χ1n) is 5.76. The van der Waals surface area contributed by atoms with Gasteiger partial charge in [0.25, 0.3) is 0 Å². The zero-order valence-corrected chi connectivity index (χ0v) is 13.6. The third kappa shape index (κ3) is 3.06. The number of hydrogen-bond acceptors (Lipinski definition) is 0. The Hall–Kier alpha value is -0.740. The van der Waals surface area contributed by atoms with E-state index in [1.54, 1.807) is 0 Å². The fourth-order valence-electron chi connectivity index (χ4n) is 1.98. The Morgan fingerprint density at radius 1 is 1.00 bits per heavy atom. The molecule has 1 atom stereocenters. The van der Waals surface area contributed by atoms with Gasteiger partial charge in [-0.05, 0) is 37.1 Å². The molecule has 0 nitrogen and oxygen atoms in total. The van der Waals surface area contributed by atoms with Crippen LogP contribution in [0.5, 0.6) is 0 Å². The number of hydrogen-bond donors (Lipinski definition) is 0. The molecule has 0 spiro atoms. The van der Waals surface area contributed by atoms with Crippen molar-refractivity contribution in [2.24, 2.45) is 0 Å². The molecule has 0 aliphatic heterocycles. The predicted octanol–water partition coefficient (Wildman–Crippen LogP) is 5.83. The lowest BCUT2D eigenvalue weighted by Gasteiger charge is -2.16. The first-order chi connectivity index (χ1) is 8.90. The van der Waals surface area contributed by atoms with Gasteiger partial charge in [-0.1, -0.05) is 55.6 Å². The first kappa shape index (κ1) is 14.7. The predicted molar refractivity (Wildman–Crippen MR) is 80.7 cm³/mol. The van der Waals surface area contributed by atoms with E-state index in [0.29, 0.717) is 4.47 Å². The van der Waals surface area contributed by atoms with E-state index in [1.165, 1.54) is 12.1 Å². The molecular weight excluding hydrogens is 378 g/mol. The Kier molecular flexibility index (Phi) is 4.41. The summed E-state index contributed by atoms with van der Waals surface area (Å²) in [5.74, 6) is -1.12. The highest BCUT2D eigenvalue weighted by Crippen LogP contribution is 2.37. The van der Waals surface area contributed by atoms with Crippen LogP contribution in [-0.2, 0) is 0 Å². The normalized spacial score (nSPS) is 12.5. The van der Waals surface area contributed by atoms with Gasteiger partial charge in [0.2, 0.25) is 0 Å². The van der Waals surface area contributed by atoms with Gasteiger partial charge in [0.15, 0.2) is 0 Å². The quantitative estimate of drug-likeness (QED) is 0.567. The minimum atomic E-state index is -0.561. The van der Waals surface area contributed by atoms with Crippen molar-refractivity contribution >= 4 is 31.9 Å². The first-order valence-corrected chi connectivity index (χ1v) is 7.46. The smallest absolute Gasteiger partial charge is 0.131 e. The van der Waals surface area contributed by atoms with E-state index in [0.717, 1.165) is 16.7 Å². The summed E-state index contributed by atoms with van der Waals surface area (Å²) >= 11 is 6.49. The Labute approximate surface area is 128 Å². The molecule has 2 aromatic rings. The lowest BCUT2D eigenvalue weighted by Crippen LogP contribution is -2.03. The zero-order valence-electron chi connectivity index (χ0n) is 10.5. The van der Waals surface area contributed by atoms with Crippen LogP contribution in [0.4, 0.5) is 8.78 Å². The maximum Gasteiger partial charge on any atom is 0.131 e. The molecule has 0 N–H and O–H groups in total. The molecule has 0 amide bonds. The monoisotopic (exact) mass is 388 g/mol. The second-order valence-electron chi connectivity index (χ2n) is 4.51. The summed E-state index contributed by atoms with van der Waals surface area (Å²) in [5, 5.41) is 0. The van der Waals surface area contributed by atoms with Crippen molar-refractivity contribution < 1.29 is 8.78 Å². The Morgan fingerprint density at radius 2 is 1.58 bits per heavy atom. The summed E-state index contributed by atoms with van der Waals surface area (Å²) < 4.78 is 28.4. The number of alkyl halides is 1. The molecule has 100 valence electrons. The summed E-state index contributed by atoms with van der Waals surface area (Å²) in [6.45, 7) is 3.88. The molecule has 0 heterocycles. The van der Waals surface area contributed by atoms with E-state index in [-0.39, 0.29) is 5.56 Å². The number of aryl methyl sites for hydroxylation is 2. The largest absolute Gasteiger partial charge is 0.206 e. The molecule has 19 heavy (non-hydrogen) atoms. The molecule has 0 saturated carbocycles. The molecule has 0 bridgehead atoms. The van der Waals surface area contributed by atoms with Crippen LogP contribution in [0, 0.1) is 25.5 Å². The summed E-state index contributed by atoms with van der Waals surface area (Å²) in [6, 6.07) is 8.42. The van der Waals surface area contributed by atoms with E-state index in [4.69, 9.17) is 0 Å². The lowest BCUT2D eigenvalue weighted by molar-refractivity contribution is 0.559. The van der Waals surface area contributed by atoms with E-state index < -0.39 is 16.5 Å². The fourth-order valence-corrected chi connectivity index (χ4v) is 3.32. The molecule has 1 unspecified atom stereocenters. The van der Waals surface area contributed by atoms with Crippen molar-refractivity contribution in [1.29, 1.82) is 0 Å². The molecule has 0 aromatic heterocycles. The van der Waals surface area contributed by atoms with Crippen LogP contribution >= 0.6 is 31.9 Å². The highest BCUT2D eigenvalue weighted by atomic mass is 79.9. The molecule has 2 aromatic carbocycles. The van der Waals surface area contributed by atoms with Crippen LogP contribution in [0.15, 0.2) is 34.8 Å². The number of halogens is 4. The summed E-state index contributed by atoms with van der Waals surface area (Å²) in [4.78, 5) is -0.500. The van der Waals surface area contributed by atoms with E-state index in [2.05, 4.69) is 31.9 Å². The van der Waals surface area contributed by atoms with Gasteiger partial charge in [-0.15, -0.1) is 0 Å². The highest BCUT2D eigenvalue weighted by Gasteiger charge is 2.21. The van der Waals surface area contributed by atoms with Gasteiger partial charge in [-0.25, -0.2) is 8.78 Å². The van der Waals surface area contributed by atoms with Gasteiger partial charge in [0, 0.05) is 10.0 Å². The second-order valence-corrected chi connectivity index (χ2v) is 6.34. The molecule has 0 radical (unpaired) electrons. The minimum Gasteiger partial charge on any atom is -0.206 e. The molecule has 0 saturated heterocycles. The SMILES string of the molecule is Cc1ccc(C)c(C(Br)c2c(F)cc(Br)cc2F)c1. The second kappa shape index (κ2) is 5.71. The standard InChI is InChI=1S/C15H12Br2F2/c1-8-3-4-9(2)11(5-8)15(17)14-12(18)6-10(16)7-13(14)19/h3-7,15H,1-2H3. The molecule has 2 rings (SSSR count). The molecular formula is C15H12Br2F2. The van der Waals surface area contributed by atoms with Crippen molar-refractivity contribution in [3.05, 3.63) is 68.7 Å². The van der Waals surface area contributed by atoms with E-state index in [9.17, 15) is 8.78 Å². The number of benzene rings is 2. The van der Waals surface area contributed by atoms with Crippen molar-refractivity contribution in [2.75, 3.05) is 0 Å². The molecule has 0 aliphatic carbocycles. The lowest BCUT2D eigenvalue weighted by atomic mass is 9.98. The van der Waals surface area contributed by atoms with Gasteiger partial charge < -0.3 is 0 Å². The van der Waals surface area contributed by atoms with E-state index >= 15 is 0 Å². The Balaban J connectivity index is 2.56. The van der Waals surface area contributed by atoms with Gasteiger partial charge in [0.1, 0.15) is 11.6 Å². The van der Waals surface area contributed by atoms with Crippen LogP contribution in [0.25, 0.3) is 0 Å². The maximum absolute atomic E-state index is 14.0. The van der Waals surface area contributed by atoms with Crippen LogP contribution in [-0.4, -0.2) is 0 Å². The average Bonchev–Trinajstić information content (AvgIpc) is 2.30. The van der Waals surface area contributed by atoms with Crippen LogP contribution in [0.2, 0.25) is 0 Å². The fraction of sp³-hybridized carbons (Fsp3) is 0.200. The zero-order chi connectivity index (χ0) is 14.2. The summed E-state index contributed by atoms with van der Waals surface area (Å²) in [5.41, 5.74) is 2.97. The Bertz CT molecular complexity index is 601. The summed E-state index contributed by atoms with van der Waals surface area (Å²) in [7, 11) is 0. The van der Waals surface area contributed by atoms with Gasteiger partial charge in [-0.3, -0.25) is 0 Å². The molecule has 0 aliphatic rings. The van der Waals surface area contributed by atoms with Crippen LogP contribution in [0.1, 0.15) is 27.1 Å². The van der Waals surface area contributed by atoms with Gasteiger partial charge >= 0.3 is 0 Å². The third-order valence-corrected chi connectivity index (χ3v) is 4.41. The third-order valence-electron chi connectivity index (χ3n) is 3.01.